The molecule has 0 radical (unpaired) electrons. The minimum absolute atomic E-state index is 0.132. The second kappa shape index (κ2) is 9.11. The molecule has 150 valence electrons. The lowest BCUT2D eigenvalue weighted by molar-refractivity contribution is -0.121. The van der Waals surface area contributed by atoms with Crippen molar-refractivity contribution in [2.45, 2.75) is 20.4 Å². The number of benzene rings is 2. The summed E-state index contributed by atoms with van der Waals surface area (Å²) in [5.41, 5.74) is 2.23. The number of rotatable bonds is 6. The van der Waals surface area contributed by atoms with Crippen LogP contribution in [-0.4, -0.2) is 17.2 Å². The monoisotopic (exact) mass is 429 g/mol. The highest BCUT2D eigenvalue weighted by atomic mass is 35.5. The number of carbonyl (C=O) groups excluding carboxylic acids is 1. The average Bonchev–Trinajstić information content (AvgIpc) is 3.10. The lowest BCUT2D eigenvalue weighted by Crippen LogP contribution is -2.33. The minimum atomic E-state index is -1.42. The van der Waals surface area contributed by atoms with Gasteiger partial charge in [-0.1, -0.05) is 79.2 Å². The summed E-state index contributed by atoms with van der Waals surface area (Å²) in [5, 5.41) is 9.96. The van der Waals surface area contributed by atoms with Crippen LogP contribution in [0.3, 0.4) is 0 Å². The van der Waals surface area contributed by atoms with Crippen LogP contribution in [0, 0.1) is 5.92 Å². The van der Waals surface area contributed by atoms with Crippen LogP contribution in [0.25, 0.3) is 10.4 Å². The van der Waals surface area contributed by atoms with Gasteiger partial charge in [-0.05, 0) is 29.3 Å². The number of halogens is 1. The fourth-order valence-corrected chi connectivity index (χ4v) is 3.95. The molecule has 2 aromatic carbocycles. The molecular formula is C22H20ClNO4S. The summed E-state index contributed by atoms with van der Waals surface area (Å²) >= 11 is 7.16. The Balaban J connectivity index is 2.07. The summed E-state index contributed by atoms with van der Waals surface area (Å²) in [6.45, 7) is 3.88. The quantitative estimate of drug-likeness (QED) is 0.466. The molecule has 29 heavy (non-hydrogen) atoms. The standard InChI is InChI=1S/C22H20ClNO4S/c1-14(2)20(25)24(13-15-8-10-17(23)11-9-15)18-12-19(16-6-4-3-5-7-16)29-21(18)28-22(26)27/h3-12,14H,13H2,1-2H3,(H,26,27). The summed E-state index contributed by atoms with van der Waals surface area (Å²) < 4.78 is 5.04. The predicted molar refractivity (Wildman–Crippen MR) is 116 cm³/mol. The van der Waals surface area contributed by atoms with Crippen LogP contribution in [0.5, 0.6) is 5.06 Å². The molecule has 0 aliphatic carbocycles. The van der Waals surface area contributed by atoms with Gasteiger partial charge in [0.1, 0.15) is 0 Å². The Morgan fingerprint density at radius 3 is 2.34 bits per heavy atom. The van der Waals surface area contributed by atoms with E-state index >= 15 is 0 Å². The molecule has 0 aliphatic heterocycles. The van der Waals surface area contributed by atoms with Crippen molar-refractivity contribution >= 4 is 40.7 Å². The first kappa shape index (κ1) is 20.9. The summed E-state index contributed by atoms with van der Waals surface area (Å²) in [6.07, 6.45) is -1.42. The van der Waals surface area contributed by atoms with Crippen molar-refractivity contribution in [3.05, 3.63) is 71.2 Å². The molecule has 5 nitrogen and oxygen atoms in total. The third-order valence-electron chi connectivity index (χ3n) is 4.22. The molecule has 0 saturated heterocycles. The molecular weight excluding hydrogens is 410 g/mol. The average molecular weight is 430 g/mol. The maximum atomic E-state index is 13.0. The lowest BCUT2D eigenvalue weighted by atomic mass is 10.1. The molecule has 0 saturated carbocycles. The van der Waals surface area contributed by atoms with E-state index in [9.17, 15) is 14.7 Å². The van der Waals surface area contributed by atoms with Crippen molar-refractivity contribution in [1.29, 1.82) is 0 Å². The van der Waals surface area contributed by atoms with Gasteiger partial charge in [0.05, 0.1) is 12.2 Å². The molecule has 1 heterocycles. The fraction of sp³-hybridized carbons (Fsp3) is 0.182. The van der Waals surface area contributed by atoms with Crippen molar-refractivity contribution < 1.29 is 19.4 Å². The van der Waals surface area contributed by atoms with Gasteiger partial charge in [-0.3, -0.25) is 4.79 Å². The van der Waals surface area contributed by atoms with Gasteiger partial charge in [-0.25, -0.2) is 4.79 Å². The maximum absolute atomic E-state index is 13.0. The maximum Gasteiger partial charge on any atom is 0.512 e. The topological polar surface area (TPSA) is 66.8 Å². The van der Waals surface area contributed by atoms with Crippen LogP contribution in [0.1, 0.15) is 19.4 Å². The smallest absolute Gasteiger partial charge is 0.449 e. The number of amides is 1. The Kier molecular flexibility index (Phi) is 6.56. The molecule has 7 heteroatoms. The van der Waals surface area contributed by atoms with Gasteiger partial charge in [0.2, 0.25) is 11.0 Å². The van der Waals surface area contributed by atoms with E-state index in [2.05, 4.69) is 0 Å². The van der Waals surface area contributed by atoms with E-state index in [-0.39, 0.29) is 23.4 Å². The molecule has 3 rings (SSSR count). The van der Waals surface area contributed by atoms with E-state index in [4.69, 9.17) is 16.3 Å². The number of nitrogens with zero attached hydrogens (tertiary/aromatic N) is 1. The van der Waals surface area contributed by atoms with Gasteiger partial charge >= 0.3 is 6.16 Å². The number of hydrogen-bond donors (Lipinski definition) is 1. The van der Waals surface area contributed by atoms with Crippen LogP contribution in [-0.2, 0) is 11.3 Å². The molecule has 3 aromatic rings. The first-order valence-corrected chi connectivity index (χ1v) is 10.2. The SMILES string of the molecule is CC(C)C(=O)N(Cc1ccc(Cl)cc1)c1cc(-c2ccccc2)sc1OC(=O)O. The number of ether oxygens (including phenoxy) is 1. The van der Waals surface area contributed by atoms with Crippen molar-refractivity contribution in [1.82, 2.24) is 0 Å². The number of hydrogen-bond acceptors (Lipinski definition) is 4. The molecule has 1 amide bonds. The van der Waals surface area contributed by atoms with E-state index in [1.54, 1.807) is 36.9 Å². The zero-order chi connectivity index (χ0) is 21.0. The first-order valence-electron chi connectivity index (χ1n) is 9.01. The van der Waals surface area contributed by atoms with Gasteiger partial charge in [0.25, 0.3) is 0 Å². The minimum Gasteiger partial charge on any atom is -0.449 e. The van der Waals surface area contributed by atoms with Crippen molar-refractivity contribution in [3.8, 4) is 15.5 Å². The van der Waals surface area contributed by atoms with Crippen LogP contribution in [0.2, 0.25) is 5.02 Å². The Morgan fingerprint density at radius 1 is 1.10 bits per heavy atom. The largest absolute Gasteiger partial charge is 0.512 e. The molecule has 0 fully saturated rings. The zero-order valence-electron chi connectivity index (χ0n) is 16.0. The summed E-state index contributed by atoms with van der Waals surface area (Å²) in [5.74, 6) is -0.410. The second-order valence-corrected chi connectivity index (χ2v) is 8.17. The van der Waals surface area contributed by atoms with Crippen molar-refractivity contribution in [2.75, 3.05) is 4.90 Å². The highest BCUT2D eigenvalue weighted by molar-refractivity contribution is 7.18. The van der Waals surface area contributed by atoms with E-state index in [1.165, 1.54) is 11.3 Å². The van der Waals surface area contributed by atoms with Crippen LogP contribution in [0.15, 0.2) is 60.7 Å². The zero-order valence-corrected chi connectivity index (χ0v) is 17.5. The van der Waals surface area contributed by atoms with Gasteiger partial charge in [0.15, 0.2) is 0 Å². The number of anilines is 1. The third kappa shape index (κ3) is 5.16. The van der Waals surface area contributed by atoms with Gasteiger partial charge in [-0.2, -0.15) is 0 Å². The molecule has 0 unspecified atom stereocenters. The Bertz CT molecular complexity index is 999. The Morgan fingerprint density at radius 2 is 1.76 bits per heavy atom. The van der Waals surface area contributed by atoms with Crippen molar-refractivity contribution in [2.24, 2.45) is 5.92 Å². The third-order valence-corrected chi connectivity index (χ3v) is 5.53. The normalized spacial score (nSPS) is 10.8. The van der Waals surface area contributed by atoms with E-state index in [1.807, 2.05) is 42.5 Å². The molecule has 0 aliphatic rings. The second-order valence-electron chi connectivity index (χ2n) is 6.72. The fourth-order valence-electron chi connectivity index (χ4n) is 2.82. The number of carboxylic acid groups (broad SMARTS) is 1. The van der Waals surface area contributed by atoms with Crippen LogP contribution < -0.4 is 9.64 Å². The molecule has 0 spiro atoms. The molecule has 1 aromatic heterocycles. The summed E-state index contributed by atoms with van der Waals surface area (Å²) in [6, 6.07) is 18.5. The molecule has 0 bridgehead atoms. The van der Waals surface area contributed by atoms with Gasteiger partial charge in [0, 0.05) is 15.8 Å². The summed E-state index contributed by atoms with van der Waals surface area (Å²) in [7, 11) is 0. The number of thiophene rings is 1. The van der Waals surface area contributed by atoms with E-state index in [0.29, 0.717) is 10.7 Å². The molecule has 0 atom stereocenters. The predicted octanol–water partition coefficient (Wildman–Crippen LogP) is 6.31. The first-order chi connectivity index (χ1) is 13.8. The van der Waals surface area contributed by atoms with E-state index in [0.717, 1.165) is 16.0 Å². The van der Waals surface area contributed by atoms with Gasteiger partial charge in [-0.15, -0.1) is 0 Å². The van der Waals surface area contributed by atoms with Crippen LogP contribution in [0.4, 0.5) is 10.5 Å². The van der Waals surface area contributed by atoms with Crippen LogP contribution >= 0.6 is 22.9 Å². The van der Waals surface area contributed by atoms with Crippen molar-refractivity contribution in [3.63, 3.8) is 0 Å². The Labute approximate surface area is 178 Å². The molecule has 1 N–H and O–H groups in total. The lowest BCUT2D eigenvalue weighted by Gasteiger charge is -2.24. The Hall–Kier alpha value is -2.83. The highest BCUT2D eigenvalue weighted by Crippen LogP contribution is 2.43. The number of carbonyl (C=O) groups is 2. The van der Waals surface area contributed by atoms with Gasteiger partial charge < -0.3 is 14.7 Å². The summed E-state index contributed by atoms with van der Waals surface area (Å²) in [4.78, 5) is 26.6. The van der Waals surface area contributed by atoms with E-state index < -0.39 is 6.16 Å². The highest BCUT2D eigenvalue weighted by Gasteiger charge is 2.26.